The number of aromatic nitrogens is 1. The lowest BCUT2D eigenvalue weighted by Crippen LogP contribution is -2.61. The van der Waals surface area contributed by atoms with E-state index in [1.54, 1.807) is 30.8 Å². The van der Waals surface area contributed by atoms with E-state index in [9.17, 15) is 14.4 Å². The quantitative estimate of drug-likeness (QED) is 0.224. The monoisotopic (exact) mass is 592 g/mol. The minimum atomic E-state index is -2.27. The number of benzene rings is 1. The predicted molar refractivity (Wildman–Crippen MR) is 153 cm³/mol. The number of hydrogen-bond donors (Lipinski definition) is 4. The molecule has 4 N–H and O–H groups in total. The third-order valence-corrected chi connectivity index (χ3v) is 9.06. The Morgan fingerprint density at radius 2 is 1.84 bits per heavy atom. The molecule has 0 spiro atoms. The normalized spacial score (nSPS) is 23.9. The lowest BCUT2D eigenvalue weighted by atomic mass is 9.52. The summed E-state index contributed by atoms with van der Waals surface area (Å²) >= 11 is 0. The molecule has 0 radical (unpaired) electrons. The number of aliphatic hydroxyl groups is 2. The van der Waals surface area contributed by atoms with Gasteiger partial charge in [0.15, 0.2) is 12.2 Å². The molecule has 1 aliphatic heterocycles. The maximum atomic E-state index is 12.6. The first-order valence-electron chi connectivity index (χ1n) is 14.5. The van der Waals surface area contributed by atoms with E-state index in [1.807, 2.05) is 12.1 Å². The highest BCUT2D eigenvalue weighted by molar-refractivity contribution is 5.90. The Balaban J connectivity index is 0.000000319. The van der Waals surface area contributed by atoms with Gasteiger partial charge in [-0.1, -0.05) is 18.9 Å². The number of aliphatic hydroxyl groups excluding tert-OH is 2. The Kier molecular flexibility index (Phi) is 9.24. The van der Waals surface area contributed by atoms with E-state index in [1.165, 1.54) is 43.2 Å². The molecule has 11 nitrogen and oxygen atoms in total. The van der Waals surface area contributed by atoms with Crippen LogP contribution >= 0.6 is 0 Å². The van der Waals surface area contributed by atoms with Gasteiger partial charge in [-0.15, -0.1) is 0 Å². The van der Waals surface area contributed by atoms with E-state index in [0.29, 0.717) is 23.3 Å². The van der Waals surface area contributed by atoms with Crippen LogP contribution in [0.4, 0.5) is 0 Å². The van der Waals surface area contributed by atoms with Crippen LogP contribution in [-0.4, -0.2) is 79.6 Å². The number of furan rings is 1. The zero-order chi connectivity index (χ0) is 30.6. The number of nitrogens with zero attached hydrogens (tertiary/aromatic N) is 2. The molecule has 3 aliphatic rings. The molecule has 3 heterocycles. The number of pyridine rings is 1. The van der Waals surface area contributed by atoms with E-state index in [0.717, 1.165) is 31.7 Å². The van der Waals surface area contributed by atoms with E-state index >= 15 is 0 Å². The summed E-state index contributed by atoms with van der Waals surface area (Å²) in [5, 5.41) is 32.5. The summed E-state index contributed by atoms with van der Waals surface area (Å²) in [6.45, 7) is 2.18. The van der Waals surface area contributed by atoms with Gasteiger partial charge in [-0.25, -0.2) is 14.4 Å². The van der Waals surface area contributed by atoms with Gasteiger partial charge in [0.1, 0.15) is 11.5 Å². The van der Waals surface area contributed by atoms with Gasteiger partial charge in [-0.05, 0) is 85.7 Å². The highest BCUT2D eigenvalue weighted by Crippen LogP contribution is 2.56. The first kappa shape index (κ1) is 30.4. The van der Waals surface area contributed by atoms with Gasteiger partial charge < -0.3 is 29.6 Å². The molecule has 6 rings (SSSR count). The molecule has 1 saturated heterocycles. The highest BCUT2D eigenvalue weighted by Gasteiger charge is 2.53. The molecular weight excluding hydrogens is 556 g/mol. The van der Waals surface area contributed by atoms with Crippen molar-refractivity contribution in [2.24, 2.45) is 5.92 Å². The standard InChI is InChI=1S/C28H30N2O3.C4H6O6/c31-27(21-5-3-13-29-19-21)33-23-9-8-20-17-26-24-7-1-2-11-28(24,25(20)18-23)12-15-30(26)14-10-22-6-4-16-32-22;5-1(3(7)8)2(6)4(9)10/h3-6,8-9,13,16,18-19,24,26H,1-2,7,10-12,14-15,17H2;1-2,5-6H,(H,7,8)(H,9,10)/t24-,26-,28+;1-,2-/m01/s1. The van der Waals surface area contributed by atoms with Crippen LogP contribution in [0, 0.1) is 5.92 Å². The summed E-state index contributed by atoms with van der Waals surface area (Å²) in [7, 11) is 0. The van der Waals surface area contributed by atoms with Crippen LogP contribution in [-0.2, 0) is 27.8 Å². The van der Waals surface area contributed by atoms with Gasteiger partial charge in [-0.3, -0.25) is 9.88 Å². The number of ether oxygens (including phenoxy) is 1. The second-order valence-electron chi connectivity index (χ2n) is 11.4. The van der Waals surface area contributed by atoms with Crippen molar-refractivity contribution in [3.63, 3.8) is 0 Å². The van der Waals surface area contributed by atoms with Gasteiger partial charge in [0.05, 0.1) is 11.8 Å². The van der Waals surface area contributed by atoms with Crippen molar-refractivity contribution in [1.29, 1.82) is 0 Å². The number of rotatable bonds is 8. The summed E-state index contributed by atoms with van der Waals surface area (Å²) in [6.07, 6.45) is 8.83. The van der Waals surface area contributed by atoms with Crippen molar-refractivity contribution in [3.8, 4) is 5.75 Å². The number of esters is 1. The van der Waals surface area contributed by atoms with Crippen molar-refractivity contribution in [2.45, 2.75) is 68.6 Å². The average molecular weight is 593 g/mol. The van der Waals surface area contributed by atoms with Gasteiger partial charge >= 0.3 is 17.9 Å². The van der Waals surface area contributed by atoms with E-state index in [-0.39, 0.29) is 11.4 Å². The average Bonchev–Trinajstić information content (AvgIpc) is 3.54. The number of carboxylic acids is 2. The number of fused-ring (bicyclic) bond motifs is 1. The lowest BCUT2D eigenvalue weighted by Gasteiger charge is -2.59. The highest BCUT2D eigenvalue weighted by atomic mass is 16.5. The maximum absolute atomic E-state index is 12.6. The molecule has 0 unspecified atom stereocenters. The van der Waals surface area contributed by atoms with Gasteiger partial charge in [0.2, 0.25) is 0 Å². The second-order valence-corrected chi connectivity index (χ2v) is 11.4. The minimum absolute atomic E-state index is 0.217. The van der Waals surface area contributed by atoms with Crippen LogP contribution in [0.1, 0.15) is 59.3 Å². The summed E-state index contributed by atoms with van der Waals surface area (Å²) in [6, 6.07) is 14.5. The summed E-state index contributed by atoms with van der Waals surface area (Å²) < 4.78 is 11.4. The molecule has 1 saturated carbocycles. The zero-order valence-corrected chi connectivity index (χ0v) is 23.7. The largest absolute Gasteiger partial charge is 0.479 e. The van der Waals surface area contributed by atoms with Crippen molar-refractivity contribution in [3.05, 3.63) is 83.6 Å². The molecule has 11 heteroatoms. The molecule has 0 amide bonds. The van der Waals surface area contributed by atoms with Crippen LogP contribution in [0.25, 0.3) is 0 Å². The van der Waals surface area contributed by atoms with Crippen LogP contribution in [0.3, 0.4) is 0 Å². The van der Waals surface area contributed by atoms with Gasteiger partial charge in [-0.2, -0.15) is 0 Å². The predicted octanol–water partition coefficient (Wildman–Crippen LogP) is 3.07. The van der Waals surface area contributed by atoms with Crippen LogP contribution in [0.15, 0.2) is 65.5 Å². The maximum Gasteiger partial charge on any atom is 0.345 e. The fraction of sp³-hybridized carbons (Fsp3) is 0.438. The van der Waals surface area contributed by atoms with Gasteiger partial charge in [0.25, 0.3) is 0 Å². The van der Waals surface area contributed by atoms with Crippen molar-refractivity contribution < 1.29 is 44.0 Å². The molecule has 5 atom stereocenters. The molecule has 1 aromatic carbocycles. The molecular formula is C32H36N2O9. The van der Waals surface area contributed by atoms with E-state index in [4.69, 9.17) is 29.6 Å². The molecule has 2 bridgehead atoms. The number of piperidine rings is 1. The Bertz CT molecular complexity index is 1410. The first-order valence-corrected chi connectivity index (χ1v) is 14.5. The first-order chi connectivity index (χ1) is 20.7. The molecule has 228 valence electrons. The van der Waals surface area contributed by atoms with Gasteiger partial charge in [0, 0.05) is 36.8 Å². The fourth-order valence-electron chi connectivity index (χ4n) is 7.03. The van der Waals surface area contributed by atoms with Crippen LogP contribution in [0.5, 0.6) is 5.75 Å². The summed E-state index contributed by atoms with van der Waals surface area (Å²) in [5.41, 5.74) is 3.57. The Morgan fingerprint density at radius 3 is 2.51 bits per heavy atom. The molecule has 3 aromatic rings. The second kappa shape index (κ2) is 13.1. The molecule has 2 aromatic heterocycles. The number of carbonyl (C=O) groups is 3. The molecule has 2 aliphatic carbocycles. The smallest absolute Gasteiger partial charge is 0.345 e. The van der Waals surface area contributed by atoms with Crippen LogP contribution < -0.4 is 4.74 Å². The number of aliphatic carboxylic acids is 2. The summed E-state index contributed by atoms with van der Waals surface area (Å²) in [5.74, 6) is -1.48. The number of carbonyl (C=O) groups excluding carboxylic acids is 1. The van der Waals surface area contributed by atoms with Crippen molar-refractivity contribution >= 4 is 17.9 Å². The fourth-order valence-corrected chi connectivity index (χ4v) is 7.03. The SMILES string of the molecule is O=C(O)[C@H](O)[C@@H](O)C(=O)O.O=C(Oc1ccc2c(c1)[C@@]13CCCC[C@H]1[C@H](C2)N(CCc1ccco1)CC3)c1cccnc1. The number of likely N-dealkylation sites (tertiary alicyclic amines) is 1. The third kappa shape index (κ3) is 6.48. The number of hydrogen-bond acceptors (Lipinski definition) is 9. The van der Waals surface area contributed by atoms with Crippen molar-refractivity contribution in [2.75, 3.05) is 13.1 Å². The summed E-state index contributed by atoms with van der Waals surface area (Å²) in [4.78, 5) is 38.9. The van der Waals surface area contributed by atoms with Crippen LogP contribution in [0.2, 0.25) is 0 Å². The topological polar surface area (TPSA) is 171 Å². The minimum Gasteiger partial charge on any atom is -0.479 e. The Labute approximate surface area is 248 Å². The zero-order valence-electron chi connectivity index (χ0n) is 23.7. The Morgan fingerprint density at radius 1 is 1.05 bits per heavy atom. The van der Waals surface area contributed by atoms with Crippen molar-refractivity contribution in [1.82, 2.24) is 9.88 Å². The molecule has 2 fully saturated rings. The number of carboxylic acid groups (broad SMARTS) is 2. The third-order valence-electron chi connectivity index (χ3n) is 9.06. The molecule has 43 heavy (non-hydrogen) atoms. The lowest BCUT2D eigenvalue weighted by molar-refractivity contribution is -0.165. The van der Waals surface area contributed by atoms with E-state index < -0.39 is 24.1 Å². The van der Waals surface area contributed by atoms with E-state index in [2.05, 4.69) is 28.1 Å². The Hall–Kier alpha value is -4.06.